The van der Waals surface area contributed by atoms with Crippen LogP contribution in [0.4, 0.5) is 4.39 Å². The molecule has 2 saturated carbocycles. The molecule has 1 spiro atoms. The third-order valence-electron chi connectivity index (χ3n) is 5.00. The smallest absolute Gasteiger partial charge is 0.116 e. The van der Waals surface area contributed by atoms with E-state index in [0.717, 1.165) is 25.2 Å². The lowest BCUT2D eigenvalue weighted by Gasteiger charge is -2.58. The molecule has 0 heterocycles. The Morgan fingerprint density at radius 3 is 2.43 bits per heavy atom. The number of halogens is 1. The minimum absolute atomic E-state index is 0.0579. The Kier molecular flexibility index (Phi) is 2.40. The molecule has 0 amide bonds. The zero-order valence-electron chi connectivity index (χ0n) is 9.78. The van der Waals surface area contributed by atoms with E-state index in [1.165, 1.54) is 19.3 Å². The Morgan fingerprint density at radius 1 is 1.14 bits per heavy atom. The van der Waals surface area contributed by atoms with Crippen molar-refractivity contribution < 1.29 is 4.39 Å². The van der Waals surface area contributed by atoms with Crippen LogP contribution in [0.2, 0.25) is 0 Å². The van der Waals surface area contributed by atoms with E-state index in [0.29, 0.717) is 0 Å². The molecule has 0 aliphatic heterocycles. The van der Waals surface area contributed by atoms with Gasteiger partial charge in [0.25, 0.3) is 0 Å². The van der Waals surface area contributed by atoms with Gasteiger partial charge in [-0.3, -0.25) is 0 Å². The van der Waals surface area contributed by atoms with Crippen LogP contribution >= 0.6 is 0 Å². The van der Waals surface area contributed by atoms with E-state index in [9.17, 15) is 4.39 Å². The third kappa shape index (κ3) is 1.31. The van der Waals surface area contributed by atoms with Gasteiger partial charge in [-0.05, 0) is 38.0 Å². The predicted molar refractivity (Wildman–Crippen MR) is 58.0 cm³/mol. The van der Waals surface area contributed by atoms with Crippen molar-refractivity contribution in [1.82, 2.24) is 0 Å². The second-order valence-electron chi connectivity index (χ2n) is 6.02. The first-order chi connectivity index (χ1) is 6.48. The summed E-state index contributed by atoms with van der Waals surface area (Å²) in [5, 5.41) is 0. The van der Waals surface area contributed by atoms with Crippen LogP contribution in [0.3, 0.4) is 0 Å². The summed E-state index contributed by atoms with van der Waals surface area (Å²) < 4.78 is 14.5. The van der Waals surface area contributed by atoms with Gasteiger partial charge in [0.1, 0.15) is 5.67 Å². The standard InChI is InChI=1S/C13H23F/c1-10-6-4-5-7-13(8-10)9-11(2)12(13,3)14/h10-11H,4-9H2,1-3H3. The second-order valence-corrected chi connectivity index (χ2v) is 6.02. The summed E-state index contributed by atoms with van der Waals surface area (Å²) in [4.78, 5) is 0. The quantitative estimate of drug-likeness (QED) is 0.543. The molecule has 82 valence electrons. The fourth-order valence-corrected chi connectivity index (χ4v) is 3.83. The minimum atomic E-state index is -0.883. The van der Waals surface area contributed by atoms with Crippen LogP contribution in [-0.2, 0) is 0 Å². The van der Waals surface area contributed by atoms with Crippen molar-refractivity contribution in [3.63, 3.8) is 0 Å². The summed E-state index contributed by atoms with van der Waals surface area (Å²) in [6.07, 6.45) is 7.26. The first-order valence-electron chi connectivity index (χ1n) is 6.17. The molecule has 2 rings (SSSR count). The fraction of sp³-hybridized carbons (Fsp3) is 1.00. The molecular formula is C13H23F. The first-order valence-corrected chi connectivity index (χ1v) is 6.17. The van der Waals surface area contributed by atoms with Crippen molar-refractivity contribution in [2.75, 3.05) is 0 Å². The van der Waals surface area contributed by atoms with Gasteiger partial charge in [-0.25, -0.2) is 4.39 Å². The molecule has 0 N–H and O–H groups in total. The maximum Gasteiger partial charge on any atom is 0.116 e. The van der Waals surface area contributed by atoms with E-state index in [-0.39, 0.29) is 11.3 Å². The summed E-state index contributed by atoms with van der Waals surface area (Å²) in [7, 11) is 0. The monoisotopic (exact) mass is 198 g/mol. The largest absolute Gasteiger partial charge is 0.243 e. The topological polar surface area (TPSA) is 0 Å². The summed E-state index contributed by atoms with van der Waals surface area (Å²) in [5.41, 5.74) is -0.825. The van der Waals surface area contributed by atoms with Crippen LogP contribution in [-0.4, -0.2) is 5.67 Å². The molecule has 2 fully saturated rings. The molecule has 2 aliphatic carbocycles. The molecule has 2 aliphatic rings. The molecule has 0 aromatic carbocycles. The number of rotatable bonds is 0. The molecule has 1 heteroatoms. The molecule has 0 nitrogen and oxygen atoms in total. The number of alkyl halides is 1. The van der Waals surface area contributed by atoms with E-state index < -0.39 is 5.67 Å². The van der Waals surface area contributed by atoms with Crippen molar-refractivity contribution in [2.24, 2.45) is 17.3 Å². The lowest BCUT2D eigenvalue weighted by molar-refractivity contribution is -0.157. The van der Waals surface area contributed by atoms with Gasteiger partial charge in [-0.2, -0.15) is 0 Å². The van der Waals surface area contributed by atoms with Crippen LogP contribution in [0, 0.1) is 17.3 Å². The second kappa shape index (κ2) is 3.21. The van der Waals surface area contributed by atoms with Crippen LogP contribution in [0.15, 0.2) is 0 Å². The van der Waals surface area contributed by atoms with E-state index in [1.807, 2.05) is 6.92 Å². The van der Waals surface area contributed by atoms with Gasteiger partial charge < -0.3 is 0 Å². The van der Waals surface area contributed by atoms with Gasteiger partial charge in [0.2, 0.25) is 0 Å². The van der Waals surface area contributed by atoms with Crippen molar-refractivity contribution in [3.05, 3.63) is 0 Å². The molecule has 0 bridgehead atoms. The van der Waals surface area contributed by atoms with Crippen LogP contribution in [0.5, 0.6) is 0 Å². The van der Waals surface area contributed by atoms with Gasteiger partial charge in [0.15, 0.2) is 0 Å². The van der Waals surface area contributed by atoms with Crippen molar-refractivity contribution in [2.45, 2.75) is 65.0 Å². The molecule has 4 unspecified atom stereocenters. The predicted octanol–water partition coefficient (Wildman–Crippen LogP) is 4.34. The fourth-order valence-electron chi connectivity index (χ4n) is 3.83. The van der Waals surface area contributed by atoms with Crippen LogP contribution < -0.4 is 0 Å². The average Bonchev–Trinajstić information content (AvgIpc) is 2.29. The van der Waals surface area contributed by atoms with E-state index in [2.05, 4.69) is 13.8 Å². The Morgan fingerprint density at radius 2 is 1.86 bits per heavy atom. The maximum atomic E-state index is 14.5. The number of hydrogen-bond acceptors (Lipinski definition) is 0. The van der Waals surface area contributed by atoms with E-state index in [4.69, 9.17) is 0 Å². The molecule has 14 heavy (non-hydrogen) atoms. The zero-order valence-corrected chi connectivity index (χ0v) is 9.78. The zero-order chi connectivity index (χ0) is 10.4. The summed E-state index contributed by atoms with van der Waals surface area (Å²) >= 11 is 0. The van der Waals surface area contributed by atoms with Crippen molar-refractivity contribution in [1.29, 1.82) is 0 Å². The molecule has 0 aromatic heterocycles. The Labute approximate surface area is 87.3 Å². The summed E-state index contributed by atoms with van der Waals surface area (Å²) in [6, 6.07) is 0. The average molecular weight is 198 g/mol. The number of hydrogen-bond donors (Lipinski definition) is 0. The Bertz CT molecular complexity index is 221. The SMILES string of the molecule is CC1CCCCC2(C1)CC(C)C2(C)F. The van der Waals surface area contributed by atoms with Gasteiger partial charge >= 0.3 is 0 Å². The highest BCUT2D eigenvalue weighted by Crippen LogP contribution is 2.63. The summed E-state index contributed by atoms with van der Waals surface area (Å²) in [5.74, 6) is 1.02. The Balaban J connectivity index is 2.15. The highest BCUT2D eigenvalue weighted by molar-refractivity contribution is 5.10. The van der Waals surface area contributed by atoms with Crippen molar-refractivity contribution in [3.8, 4) is 0 Å². The lowest BCUT2D eigenvalue weighted by atomic mass is 9.49. The van der Waals surface area contributed by atoms with Gasteiger partial charge in [-0.1, -0.05) is 33.1 Å². The molecule has 0 radical (unpaired) electrons. The summed E-state index contributed by atoms with van der Waals surface area (Å²) in [6.45, 7) is 6.21. The van der Waals surface area contributed by atoms with Gasteiger partial charge in [-0.15, -0.1) is 0 Å². The van der Waals surface area contributed by atoms with Crippen LogP contribution in [0.1, 0.15) is 59.3 Å². The normalized spacial score (nSPS) is 54.0. The molecule has 0 saturated heterocycles. The maximum absolute atomic E-state index is 14.5. The molecular weight excluding hydrogens is 175 g/mol. The minimum Gasteiger partial charge on any atom is -0.243 e. The lowest BCUT2D eigenvalue weighted by Crippen LogP contribution is -2.58. The van der Waals surface area contributed by atoms with Crippen LogP contribution in [0.25, 0.3) is 0 Å². The van der Waals surface area contributed by atoms with Gasteiger partial charge in [0.05, 0.1) is 0 Å². The third-order valence-corrected chi connectivity index (χ3v) is 5.00. The molecule has 4 atom stereocenters. The Hall–Kier alpha value is -0.0700. The van der Waals surface area contributed by atoms with Gasteiger partial charge in [0, 0.05) is 5.41 Å². The van der Waals surface area contributed by atoms with E-state index in [1.54, 1.807) is 0 Å². The highest BCUT2D eigenvalue weighted by atomic mass is 19.1. The molecule has 0 aromatic rings. The van der Waals surface area contributed by atoms with E-state index >= 15 is 0 Å². The highest BCUT2D eigenvalue weighted by Gasteiger charge is 2.61. The van der Waals surface area contributed by atoms with Crippen molar-refractivity contribution >= 4 is 0 Å². The first kappa shape index (κ1) is 10.4.